The number of urea groups is 1. The van der Waals surface area contributed by atoms with Crippen LogP contribution in [0.2, 0.25) is 5.02 Å². The molecule has 2 rings (SSSR count). The Morgan fingerprint density at radius 3 is 3.05 bits per heavy atom. The number of nitrogens with zero attached hydrogens (tertiary/aromatic N) is 1. The molecule has 6 heteroatoms. The second-order valence-electron chi connectivity index (χ2n) is 4.98. The van der Waals surface area contributed by atoms with Crippen molar-refractivity contribution < 1.29 is 14.3 Å². The maximum atomic E-state index is 13.8. The van der Waals surface area contributed by atoms with Crippen molar-refractivity contribution in [1.82, 2.24) is 10.2 Å². The predicted molar refractivity (Wildman–Crippen MR) is 75.2 cm³/mol. The van der Waals surface area contributed by atoms with E-state index < -0.39 is 11.9 Å². The van der Waals surface area contributed by atoms with E-state index in [0.717, 1.165) is 12.8 Å². The lowest BCUT2D eigenvalue weighted by Gasteiger charge is -2.26. The smallest absolute Gasteiger partial charge is 0.318 e. The Morgan fingerprint density at radius 2 is 2.40 bits per heavy atom. The van der Waals surface area contributed by atoms with Gasteiger partial charge in [-0.05, 0) is 31.9 Å². The van der Waals surface area contributed by atoms with Gasteiger partial charge in [-0.2, -0.15) is 0 Å². The molecule has 1 heterocycles. The molecule has 0 radical (unpaired) electrons. The molecule has 1 aliphatic rings. The molecule has 1 saturated heterocycles. The minimum atomic E-state index is -0.531. The number of hydrogen-bond donors (Lipinski definition) is 2. The van der Waals surface area contributed by atoms with Crippen molar-refractivity contribution in [2.45, 2.75) is 31.8 Å². The summed E-state index contributed by atoms with van der Waals surface area (Å²) in [7, 11) is 0. The van der Waals surface area contributed by atoms with E-state index in [1.54, 1.807) is 17.9 Å². The predicted octanol–water partition coefficient (Wildman–Crippen LogP) is 2.71. The minimum absolute atomic E-state index is 0.0533. The van der Waals surface area contributed by atoms with Gasteiger partial charge in [0.05, 0.1) is 18.7 Å². The second-order valence-corrected chi connectivity index (χ2v) is 5.39. The Bertz CT molecular complexity index is 478. The van der Waals surface area contributed by atoms with Gasteiger partial charge in [0, 0.05) is 17.1 Å². The van der Waals surface area contributed by atoms with Gasteiger partial charge >= 0.3 is 6.03 Å². The SMILES string of the molecule is C[C@H](NC(=O)N1CCC[C@@H]1CO)c1c(F)cccc1Cl. The summed E-state index contributed by atoms with van der Waals surface area (Å²) in [6, 6.07) is 3.45. The van der Waals surface area contributed by atoms with E-state index in [9.17, 15) is 14.3 Å². The molecule has 0 unspecified atom stereocenters. The van der Waals surface area contributed by atoms with Crippen LogP contribution in [0.5, 0.6) is 0 Å². The number of amides is 2. The molecule has 1 aromatic rings. The molecule has 2 amide bonds. The fourth-order valence-electron chi connectivity index (χ4n) is 2.56. The Morgan fingerprint density at radius 1 is 1.65 bits per heavy atom. The molecule has 0 aromatic heterocycles. The summed E-state index contributed by atoms with van der Waals surface area (Å²) in [5.74, 6) is -0.439. The number of halogens is 2. The average molecular weight is 301 g/mol. The molecular weight excluding hydrogens is 283 g/mol. The van der Waals surface area contributed by atoms with Crippen molar-refractivity contribution in [2.75, 3.05) is 13.2 Å². The number of carbonyl (C=O) groups is 1. The number of nitrogens with one attached hydrogen (secondary N) is 1. The quantitative estimate of drug-likeness (QED) is 0.902. The number of carbonyl (C=O) groups excluding carboxylic acids is 1. The van der Waals surface area contributed by atoms with Crippen LogP contribution >= 0.6 is 11.6 Å². The van der Waals surface area contributed by atoms with E-state index in [1.165, 1.54) is 12.1 Å². The van der Waals surface area contributed by atoms with Crippen molar-refractivity contribution in [2.24, 2.45) is 0 Å². The van der Waals surface area contributed by atoms with Gasteiger partial charge < -0.3 is 15.3 Å². The number of likely N-dealkylation sites (tertiary alicyclic amines) is 1. The monoisotopic (exact) mass is 300 g/mol. The van der Waals surface area contributed by atoms with Crippen molar-refractivity contribution in [3.8, 4) is 0 Å². The molecule has 2 atom stereocenters. The summed E-state index contributed by atoms with van der Waals surface area (Å²) in [6.45, 7) is 2.24. The van der Waals surface area contributed by atoms with E-state index >= 15 is 0 Å². The van der Waals surface area contributed by atoms with Crippen molar-refractivity contribution >= 4 is 17.6 Å². The van der Waals surface area contributed by atoms with Gasteiger partial charge in [0.2, 0.25) is 0 Å². The zero-order chi connectivity index (χ0) is 14.7. The Labute approximate surface area is 122 Å². The Kier molecular flexibility index (Phi) is 4.83. The van der Waals surface area contributed by atoms with Gasteiger partial charge in [0.25, 0.3) is 0 Å². The molecule has 1 fully saturated rings. The molecule has 1 aliphatic heterocycles. The molecule has 0 bridgehead atoms. The zero-order valence-electron chi connectivity index (χ0n) is 11.3. The highest BCUT2D eigenvalue weighted by atomic mass is 35.5. The Hall–Kier alpha value is -1.33. The van der Waals surface area contributed by atoms with Crippen LogP contribution in [0.3, 0.4) is 0 Å². The zero-order valence-corrected chi connectivity index (χ0v) is 12.0. The van der Waals surface area contributed by atoms with Crippen LogP contribution in [-0.2, 0) is 0 Å². The third-order valence-electron chi connectivity index (χ3n) is 3.62. The van der Waals surface area contributed by atoms with E-state index in [4.69, 9.17) is 11.6 Å². The molecule has 2 N–H and O–H groups in total. The molecule has 4 nitrogen and oxygen atoms in total. The average Bonchev–Trinajstić information content (AvgIpc) is 2.86. The summed E-state index contributed by atoms with van der Waals surface area (Å²) in [4.78, 5) is 13.7. The first-order chi connectivity index (χ1) is 9.54. The third-order valence-corrected chi connectivity index (χ3v) is 3.95. The number of rotatable bonds is 3. The highest BCUT2D eigenvalue weighted by Gasteiger charge is 2.29. The summed E-state index contributed by atoms with van der Waals surface area (Å²) in [5.41, 5.74) is 0.280. The number of aliphatic hydroxyl groups is 1. The largest absolute Gasteiger partial charge is 0.394 e. The van der Waals surface area contributed by atoms with Crippen LogP contribution in [0, 0.1) is 5.82 Å². The summed E-state index contributed by atoms with van der Waals surface area (Å²) >= 11 is 5.98. The Balaban J connectivity index is 2.08. The lowest BCUT2D eigenvalue weighted by Crippen LogP contribution is -2.45. The van der Waals surface area contributed by atoms with Crippen molar-refractivity contribution in [3.05, 3.63) is 34.6 Å². The van der Waals surface area contributed by atoms with E-state index in [2.05, 4.69) is 5.32 Å². The maximum absolute atomic E-state index is 13.8. The van der Waals surface area contributed by atoms with Crippen LogP contribution in [0.1, 0.15) is 31.4 Å². The first-order valence-corrected chi connectivity index (χ1v) is 7.04. The van der Waals surface area contributed by atoms with Crippen molar-refractivity contribution in [1.29, 1.82) is 0 Å². The van der Waals surface area contributed by atoms with E-state index in [-0.39, 0.29) is 29.3 Å². The topological polar surface area (TPSA) is 52.6 Å². The number of hydrogen-bond acceptors (Lipinski definition) is 2. The van der Waals surface area contributed by atoms with Gasteiger partial charge in [0.15, 0.2) is 0 Å². The molecule has 110 valence electrons. The van der Waals surface area contributed by atoms with E-state index in [1.807, 2.05) is 0 Å². The van der Waals surface area contributed by atoms with Gasteiger partial charge in [-0.15, -0.1) is 0 Å². The lowest BCUT2D eigenvalue weighted by molar-refractivity contribution is 0.155. The van der Waals surface area contributed by atoms with Crippen molar-refractivity contribution in [3.63, 3.8) is 0 Å². The normalized spacial score (nSPS) is 20.0. The van der Waals surface area contributed by atoms with Crippen LogP contribution in [0.15, 0.2) is 18.2 Å². The van der Waals surface area contributed by atoms with Gasteiger partial charge in [-0.25, -0.2) is 9.18 Å². The maximum Gasteiger partial charge on any atom is 0.318 e. The molecule has 20 heavy (non-hydrogen) atoms. The highest BCUT2D eigenvalue weighted by molar-refractivity contribution is 6.31. The molecule has 0 spiro atoms. The molecule has 1 aromatic carbocycles. The van der Waals surface area contributed by atoms with Crippen LogP contribution in [0.25, 0.3) is 0 Å². The summed E-state index contributed by atoms with van der Waals surface area (Å²) in [5, 5.41) is 12.2. The second kappa shape index (κ2) is 6.41. The molecule has 0 saturated carbocycles. The van der Waals surface area contributed by atoms with Gasteiger partial charge in [-0.3, -0.25) is 0 Å². The lowest BCUT2D eigenvalue weighted by atomic mass is 10.1. The standard InChI is InChI=1S/C14H18ClFN2O2/c1-9(13-11(15)5-2-6-12(13)16)17-14(20)18-7-3-4-10(18)8-19/h2,5-6,9-10,19H,3-4,7-8H2,1H3,(H,17,20)/t9-,10+/m0/s1. The first-order valence-electron chi connectivity index (χ1n) is 6.66. The minimum Gasteiger partial charge on any atom is -0.394 e. The fraction of sp³-hybridized carbons (Fsp3) is 0.500. The van der Waals surface area contributed by atoms with Crippen LogP contribution in [0.4, 0.5) is 9.18 Å². The number of benzene rings is 1. The van der Waals surface area contributed by atoms with Gasteiger partial charge in [0.1, 0.15) is 5.82 Å². The number of aliphatic hydroxyl groups excluding tert-OH is 1. The first kappa shape index (κ1) is 15.1. The highest BCUT2D eigenvalue weighted by Crippen LogP contribution is 2.26. The van der Waals surface area contributed by atoms with Crippen LogP contribution in [-0.4, -0.2) is 35.2 Å². The fourth-order valence-corrected chi connectivity index (χ4v) is 2.88. The third kappa shape index (κ3) is 3.04. The molecule has 0 aliphatic carbocycles. The summed E-state index contributed by atoms with van der Waals surface area (Å²) < 4.78 is 13.8. The van der Waals surface area contributed by atoms with Crippen LogP contribution < -0.4 is 5.32 Å². The van der Waals surface area contributed by atoms with E-state index in [0.29, 0.717) is 6.54 Å². The molecular formula is C14H18ClFN2O2. The summed E-state index contributed by atoms with van der Waals surface area (Å²) in [6.07, 6.45) is 1.66. The van der Waals surface area contributed by atoms with Gasteiger partial charge in [-0.1, -0.05) is 17.7 Å².